The van der Waals surface area contributed by atoms with Crippen LogP contribution >= 0.6 is 27.5 Å². The Hall–Kier alpha value is -2.05. The van der Waals surface area contributed by atoms with Crippen molar-refractivity contribution in [1.29, 1.82) is 0 Å². The smallest absolute Gasteiger partial charge is 0.261 e. The molecule has 1 atom stereocenters. The van der Waals surface area contributed by atoms with Gasteiger partial charge in [0.25, 0.3) is 5.91 Å². The lowest BCUT2D eigenvalue weighted by Crippen LogP contribution is -2.49. The molecule has 2 aromatic carbocycles. The molecule has 2 amide bonds. The van der Waals surface area contributed by atoms with Crippen LogP contribution in [0, 0.1) is 0 Å². The van der Waals surface area contributed by atoms with Crippen LogP contribution in [0.2, 0.25) is 5.02 Å². The summed E-state index contributed by atoms with van der Waals surface area (Å²) in [6.45, 7) is 8.59. The Balaban J connectivity index is 2.16. The summed E-state index contributed by atoms with van der Waals surface area (Å²) < 4.78 is 6.58. The molecule has 31 heavy (non-hydrogen) atoms. The standard InChI is InChI=1S/C24H30BrClN2O3/c1-5-11-27-24(30)17(4)28(14-18-7-6-8-20(26)12-18)23(29)15-31-22-10-9-19(16(2)3)13-21(22)25/h6-10,12-13,16-17H,5,11,14-15H2,1-4H3,(H,27,30)/t17-/m1/s1. The molecule has 5 nitrogen and oxygen atoms in total. The lowest BCUT2D eigenvalue weighted by atomic mass is 10.0. The highest BCUT2D eigenvalue weighted by molar-refractivity contribution is 9.10. The summed E-state index contributed by atoms with van der Waals surface area (Å²) >= 11 is 9.62. The van der Waals surface area contributed by atoms with Gasteiger partial charge in [-0.1, -0.05) is 50.6 Å². The van der Waals surface area contributed by atoms with Crippen LogP contribution in [0.1, 0.15) is 51.2 Å². The van der Waals surface area contributed by atoms with E-state index >= 15 is 0 Å². The van der Waals surface area contributed by atoms with E-state index in [4.69, 9.17) is 16.3 Å². The number of halogens is 2. The molecule has 0 unspecified atom stereocenters. The van der Waals surface area contributed by atoms with Gasteiger partial charge < -0.3 is 15.0 Å². The van der Waals surface area contributed by atoms with Gasteiger partial charge >= 0.3 is 0 Å². The highest BCUT2D eigenvalue weighted by Crippen LogP contribution is 2.29. The Labute approximate surface area is 198 Å². The number of nitrogens with one attached hydrogen (secondary N) is 1. The molecule has 7 heteroatoms. The van der Waals surface area contributed by atoms with Gasteiger partial charge in [0.15, 0.2) is 6.61 Å². The third kappa shape index (κ3) is 7.54. The van der Waals surface area contributed by atoms with Crippen molar-refractivity contribution in [1.82, 2.24) is 10.2 Å². The molecular formula is C24H30BrClN2O3. The quantitative estimate of drug-likeness (QED) is 0.457. The third-order valence-electron chi connectivity index (χ3n) is 4.93. The van der Waals surface area contributed by atoms with Crippen molar-refractivity contribution >= 4 is 39.3 Å². The van der Waals surface area contributed by atoms with Crippen LogP contribution in [0.3, 0.4) is 0 Å². The van der Waals surface area contributed by atoms with E-state index in [9.17, 15) is 9.59 Å². The van der Waals surface area contributed by atoms with E-state index in [0.29, 0.717) is 23.2 Å². The number of hydrogen-bond donors (Lipinski definition) is 1. The number of amides is 2. The van der Waals surface area contributed by atoms with E-state index in [1.807, 2.05) is 37.3 Å². The molecule has 0 saturated heterocycles. The zero-order valence-electron chi connectivity index (χ0n) is 18.5. The first-order valence-corrected chi connectivity index (χ1v) is 11.6. The molecule has 0 aliphatic heterocycles. The lowest BCUT2D eigenvalue weighted by Gasteiger charge is -2.29. The normalized spacial score (nSPS) is 11.8. The second-order valence-electron chi connectivity index (χ2n) is 7.75. The van der Waals surface area contributed by atoms with Crippen LogP contribution in [-0.2, 0) is 16.1 Å². The Morgan fingerprint density at radius 2 is 1.90 bits per heavy atom. The molecule has 0 aliphatic rings. The summed E-state index contributed by atoms with van der Waals surface area (Å²) in [5.41, 5.74) is 2.02. The van der Waals surface area contributed by atoms with Gasteiger partial charge in [0.05, 0.1) is 4.47 Å². The summed E-state index contributed by atoms with van der Waals surface area (Å²) in [7, 11) is 0. The van der Waals surface area contributed by atoms with Crippen LogP contribution in [0.15, 0.2) is 46.9 Å². The van der Waals surface area contributed by atoms with E-state index in [1.54, 1.807) is 19.1 Å². The minimum atomic E-state index is -0.645. The lowest BCUT2D eigenvalue weighted by molar-refractivity contribution is -0.142. The van der Waals surface area contributed by atoms with Gasteiger partial charge in [-0.25, -0.2) is 0 Å². The van der Waals surface area contributed by atoms with Crippen molar-refractivity contribution in [3.05, 3.63) is 63.1 Å². The van der Waals surface area contributed by atoms with Crippen molar-refractivity contribution in [2.75, 3.05) is 13.2 Å². The zero-order chi connectivity index (χ0) is 23.0. The van der Waals surface area contributed by atoms with Crippen LogP contribution < -0.4 is 10.1 Å². The molecule has 0 spiro atoms. The molecule has 0 aliphatic carbocycles. The number of hydrogen-bond acceptors (Lipinski definition) is 3. The third-order valence-corrected chi connectivity index (χ3v) is 5.79. The maximum atomic E-state index is 13.1. The number of carbonyl (C=O) groups excluding carboxylic acids is 2. The summed E-state index contributed by atoms with van der Waals surface area (Å²) in [4.78, 5) is 27.2. The molecular weight excluding hydrogens is 480 g/mol. The summed E-state index contributed by atoms with van der Waals surface area (Å²) in [6, 6.07) is 12.5. The number of benzene rings is 2. The molecule has 0 aromatic heterocycles. The maximum Gasteiger partial charge on any atom is 0.261 e. The minimum absolute atomic E-state index is 0.175. The Morgan fingerprint density at radius 1 is 1.16 bits per heavy atom. The molecule has 0 saturated carbocycles. The SMILES string of the molecule is CCCNC(=O)[C@@H](C)N(Cc1cccc(Cl)c1)C(=O)COc1ccc(C(C)C)cc1Br. The fourth-order valence-corrected chi connectivity index (χ4v) is 3.75. The average molecular weight is 510 g/mol. The van der Waals surface area contributed by atoms with Gasteiger partial charge in [-0.2, -0.15) is 0 Å². The summed E-state index contributed by atoms with van der Waals surface area (Å²) in [6.07, 6.45) is 0.824. The van der Waals surface area contributed by atoms with Crippen LogP contribution in [0.5, 0.6) is 5.75 Å². The Bertz CT molecular complexity index is 904. The van der Waals surface area contributed by atoms with Crippen LogP contribution in [-0.4, -0.2) is 35.9 Å². The van der Waals surface area contributed by atoms with E-state index < -0.39 is 6.04 Å². The van der Waals surface area contributed by atoms with Crippen LogP contribution in [0.4, 0.5) is 0 Å². The maximum absolute atomic E-state index is 13.1. The van der Waals surface area contributed by atoms with Crippen molar-refractivity contribution < 1.29 is 14.3 Å². The number of rotatable bonds is 10. The molecule has 0 radical (unpaired) electrons. The fraction of sp³-hybridized carbons (Fsp3) is 0.417. The van der Waals surface area contributed by atoms with Crippen molar-refractivity contribution in [2.24, 2.45) is 0 Å². The van der Waals surface area contributed by atoms with E-state index in [1.165, 1.54) is 10.5 Å². The zero-order valence-corrected chi connectivity index (χ0v) is 20.8. The monoisotopic (exact) mass is 508 g/mol. The van der Waals surface area contributed by atoms with E-state index in [0.717, 1.165) is 16.5 Å². The molecule has 1 N–H and O–H groups in total. The topological polar surface area (TPSA) is 58.6 Å². The molecule has 0 bridgehead atoms. The van der Waals surface area contributed by atoms with Gasteiger partial charge in [-0.05, 0) is 70.6 Å². The second-order valence-corrected chi connectivity index (χ2v) is 9.04. The first kappa shape index (κ1) is 25.2. The predicted octanol–water partition coefficient (Wildman–Crippen LogP) is 5.55. The highest BCUT2D eigenvalue weighted by atomic mass is 79.9. The van der Waals surface area contributed by atoms with Crippen molar-refractivity contribution in [3.8, 4) is 5.75 Å². The van der Waals surface area contributed by atoms with Crippen LogP contribution in [0.25, 0.3) is 0 Å². The Morgan fingerprint density at radius 3 is 2.52 bits per heavy atom. The van der Waals surface area contributed by atoms with E-state index in [2.05, 4.69) is 35.1 Å². The van der Waals surface area contributed by atoms with E-state index in [-0.39, 0.29) is 25.0 Å². The second kappa shape index (κ2) is 12.1. The number of carbonyl (C=O) groups is 2. The molecule has 2 aromatic rings. The minimum Gasteiger partial charge on any atom is -0.483 e. The first-order chi connectivity index (χ1) is 14.7. The van der Waals surface area contributed by atoms with Gasteiger partial charge in [0, 0.05) is 18.1 Å². The Kier molecular flexibility index (Phi) is 9.85. The van der Waals surface area contributed by atoms with Crippen molar-refractivity contribution in [3.63, 3.8) is 0 Å². The number of nitrogens with zero attached hydrogens (tertiary/aromatic N) is 1. The van der Waals surface area contributed by atoms with Gasteiger partial charge in [-0.3, -0.25) is 9.59 Å². The number of ether oxygens (including phenoxy) is 1. The van der Waals surface area contributed by atoms with Crippen molar-refractivity contribution in [2.45, 2.75) is 52.6 Å². The fourth-order valence-electron chi connectivity index (χ4n) is 3.03. The highest BCUT2D eigenvalue weighted by Gasteiger charge is 2.26. The predicted molar refractivity (Wildman–Crippen MR) is 128 cm³/mol. The van der Waals surface area contributed by atoms with Gasteiger partial charge in [0.1, 0.15) is 11.8 Å². The molecule has 2 rings (SSSR count). The summed E-state index contributed by atoms with van der Waals surface area (Å²) in [5.74, 6) is 0.504. The molecule has 0 fully saturated rings. The molecule has 0 heterocycles. The van der Waals surface area contributed by atoms with Gasteiger partial charge in [0.2, 0.25) is 5.91 Å². The van der Waals surface area contributed by atoms with Gasteiger partial charge in [-0.15, -0.1) is 0 Å². The largest absolute Gasteiger partial charge is 0.483 e. The summed E-state index contributed by atoms with van der Waals surface area (Å²) in [5, 5.41) is 3.44. The average Bonchev–Trinajstić information content (AvgIpc) is 2.74. The molecule has 168 valence electrons. The first-order valence-electron chi connectivity index (χ1n) is 10.5.